The number of aliphatic hydroxyl groups is 1. The van der Waals surface area contributed by atoms with Crippen LogP contribution in [-0.2, 0) is 6.61 Å². The summed E-state index contributed by atoms with van der Waals surface area (Å²) in [5.41, 5.74) is 3.44. The molecular weight excluding hydrogens is 300 g/mol. The third kappa shape index (κ3) is 3.51. The Morgan fingerprint density at radius 2 is 1.88 bits per heavy atom. The lowest BCUT2D eigenvalue weighted by Gasteiger charge is -2.10. The largest absolute Gasteiger partial charge is 0.390 e. The molecule has 0 fully saturated rings. The summed E-state index contributed by atoms with van der Waals surface area (Å²) in [6.45, 7) is 3.10. The molecule has 3 aromatic rings. The predicted molar refractivity (Wildman–Crippen MR) is 98.3 cm³/mol. The molecule has 24 heavy (non-hydrogen) atoms. The van der Waals surface area contributed by atoms with Gasteiger partial charge in [0, 0.05) is 6.54 Å². The van der Waals surface area contributed by atoms with Gasteiger partial charge >= 0.3 is 0 Å². The van der Waals surface area contributed by atoms with E-state index in [1.165, 1.54) is 32.1 Å². The van der Waals surface area contributed by atoms with Crippen LogP contribution in [0.3, 0.4) is 0 Å². The van der Waals surface area contributed by atoms with E-state index in [0.717, 1.165) is 41.2 Å². The van der Waals surface area contributed by atoms with Crippen molar-refractivity contribution >= 4 is 22.5 Å². The second-order valence-corrected chi connectivity index (χ2v) is 6.21. The number of aliphatic hydroxyl groups excluding tert-OH is 1. The van der Waals surface area contributed by atoms with Crippen molar-refractivity contribution in [3.8, 4) is 0 Å². The Kier molecular flexibility index (Phi) is 5.64. The smallest absolute Gasteiger partial charge is 0.180 e. The Morgan fingerprint density at radius 3 is 2.71 bits per heavy atom. The summed E-state index contributed by atoms with van der Waals surface area (Å²) >= 11 is 0. The Balaban J connectivity index is 1.76. The van der Waals surface area contributed by atoms with E-state index in [1.54, 1.807) is 6.20 Å². The first kappa shape index (κ1) is 16.7. The van der Waals surface area contributed by atoms with Crippen LogP contribution in [0.1, 0.15) is 51.1 Å². The van der Waals surface area contributed by atoms with E-state index in [1.807, 2.05) is 28.7 Å². The van der Waals surface area contributed by atoms with Crippen molar-refractivity contribution in [2.45, 2.75) is 52.1 Å². The van der Waals surface area contributed by atoms with Crippen LogP contribution in [0.25, 0.3) is 16.7 Å². The highest BCUT2D eigenvalue weighted by Crippen LogP contribution is 2.22. The number of hydrogen-bond acceptors (Lipinski definition) is 4. The number of benzene rings is 1. The Hall–Kier alpha value is -2.14. The molecule has 1 aromatic carbocycles. The van der Waals surface area contributed by atoms with Crippen LogP contribution in [0.4, 0.5) is 5.82 Å². The molecular formula is C19H26N4O. The lowest BCUT2D eigenvalue weighted by molar-refractivity contribution is 0.276. The first-order chi connectivity index (χ1) is 11.8. The summed E-state index contributed by atoms with van der Waals surface area (Å²) in [5, 5.41) is 13.0. The molecule has 0 saturated heterocycles. The first-order valence-corrected chi connectivity index (χ1v) is 8.95. The van der Waals surface area contributed by atoms with E-state index in [9.17, 15) is 5.11 Å². The molecule has 128 valence electrons. The number of rotatable bonds is 9. The van der Waals surface area contributed by atoms with Gasteiger partial charge < -0.3 is 10.4 Å². The minimum Gasteiger partial charge on any atom is -0.390 e. The second kappa shape index (κ2) is 8.11. The molecule has 2 heterocycles. The number of imidazole rings is 1. The molecule has 0 aliphatic carbocycles. The number of para-hydroxylation sites is 2. The maximum Gasteiger partial charge on any atom is 0.180 e. The molecule has 0 amide bonds. The zero-order chi connectivity index (χ0) is 16.8. The lowest BCUT2D eigenvalue weighted by atomic mass is 10.1. The van der Waals surface area contributed by atoms with Crippen molar-refractivity contribution in [1.29, 1.82) is 0 Å². The zero-order valence-corrected chi connectivity index (χ0v) is 14.3. The fourth-order valence-corrected chi connectivity index (χ4v) is 3.08. The Labute approximate surface area is 142 Å². The summed E-state index contributed by atoms with van der Waals surface area (Å²) in [6.07, 6.45) is 9.34. The molecule has 3 rings (SSSR count). The number of nitrogens with zero attached hydrogens (tertiary/aromatic N) is 3. The van der Waals surface area contributed by atoms with Gasteiger partial charge in [-0.15, -0.1) is 0 Å². The molecule has 0 spiro atoms. The molecule has 0 aliphatic heterocycles. The van der Waals surface area contributed by atoms with Crippen LogP contribution in [-0.4, -0.2) is 26.0 Å². The number of unbranched alkanes of at least 4 members (excludes halogenated alkanes) is 5. The van der Waals surface area contributed by atoms with E-state index >= 15 is 0 Å². The van der Waals surface area contributed by atoms with Gasteiger partial charge in [-0.1, -0.05) is 51.2 Å². The molecule has 0 atom stereocenters. The minimum atomic E-state index is -0.0357. The van der Waals surface area contributed by atoms with Crippen LogP contribution < -0.4 is 5.32 Å². The SMILES string of the molecule is CCCCCCCCNc1nc2ccccc2n2c(CO)cnc12. The molecule has 5 heteroatoms. The van der Waals surface area contributed by atoms with Gasteiger partial charge in [0.1, 0.15) is 0 Å². The van der Waals surface area contributed by atoms with Gasteiger partial charge in [0.25, 0.3) is 0 Å². The Bertz CT molecular complexity index is 797. The number of nitrogens with one attached hydrogen (secondary N) is 1. The summed E-state index contributed by atoms with van der Waals surface area (Å²) < 4.78 is 1.99. The topological polar surface area (TPSA) is 62.5 Å². The van der Waals surface area contributed by atoms with E-state index in [2.05, 4.69) is 17.2 Å². The number of hydrogen-bond donors (Lipinski definition) is 2. The van der Waals surface area contributed by atoms with Crippen molar-refractivity contribution in [1.82, 2.24) is 14.4 Å². The van der Waals surface area contributed by atoms with Crippen molar-refractivity contribution in [3.05, 3.63) is 36.2 Å². The number of fused-ring (bicyclic) bond motifs is 3. The summed E-state index contributed by atoms with van der Waals surface area (Å²) in [7, 11) is 0. The van der Waals surface area contributed by atoms with Crippen LogP contribution in [0.15, 0.2) is 30.5 Å². The maximum atomic E-state index is 9.59. The lowest BCUT2D eigenvalue weighted by Crippen LogP contribution is -2.07. The van der Waals surface area contributed by atoms with Crippen LogP contribution in [0.2, 0.25) is 0 Å². The standard InChI is InChI=1S/C19H26N4O/c1-2-3-4-5-6-9-12-20-18-19-21-13-15(14-24)23(19)17-11-8-7-10-16(17)22-18/h7-8,10-11,13,24H,2-6,9,12,14H2,1H3,(H,20,22). The van der Waals surface area contributed by atoms with Gasteiger partial charge in [-0.25, -0.2) is 9.97 Å². The third-order valence-corrected chi connectivity index (χ3v) is 4.39. The van der Waals surface area contributed by atoms with Crippen molar-refractivity contribution in [3.63, 3.8) is 0 Å². The summed E-state index contributed by atoms with van der Waals surface area (Å²) in [6, 6.07) is 7.96. The molecule has 0 saturated carbocycles. The summed E-state index contributed by atoms with van der Waals surface area (Å²) in [4.78, 5) is 9.18. The number of anilines is 1. The van der Waals surface area contributed by atoms with Crippen LogP contribution in [0.5, 0.6) is 0 Å². The molecule has 0 aliphatic rings. The van der Waals surface area contributed by atoms with E-state index in [0.29, 0.717) is 0 Å². The van der Waals surface area contributed by atoms with Gasteiger partial charge in [-0.3, -0.25) is 4.40 Å². The predicted octanol–water partition coefficient (Wildman–Crippen LogP) is 4.15. The number of aromatic nitrogens is 3. The fourth-order valence-electron chi connectivity index (χ4n) is 3.08. The van der Waals surface area contributed by atoms with Crippen LogP contribution in [0, 0.1) is 0 Å². The first-order valence-electron chi connectivity index (χ1n) is 8.95. The highest BCUT2D eigenvalue weighted by atomic mass is 16.3. The monoisotopic (exact) mass is 326 g/mol. The van der Waals surface area contributed by atoms with Crippen molar-refractivity contribution < 1.29 is 5.11 Å². The van der Waals surface area contributed by atoms with Gasteiger partial charge in [-0.05, 0) is 18.6 Å². The van der Waals surface area contributed by atoms with Crippen molar-refractivity contribution in [2.75, 3.05) is 11.9 Å². The molecule has 0 radical (unpaired) electrons. The summed E-state index contributed by atoms with van der Waals surface area (Å²) in [5.74, 6) is 0.793. The average Bonchev–Trinajstić information content (AvgIpc) is 3.05. The molecule has 0 unspecified atom stereocenters. The minimum absolute atomic E-state index is 0.0357. The van der Waals surface area contributed by atoms with Gasteiger partial charge in [-0.2, -0.15) is 0 Å². The molecule has 2 aromatic heterocycles. The van der Waals surface area contributed by atoms with Gasteiger partial charge in [0.2, 0.25) is 0 Å². The molecule has 2 N–H and O–H groups in total. The maximum absolute atomic E-state index is 9.59. The van der Waals surface area contributed by atoms with Gasteiger partial charge in [0.05, 0.1) is 29.5 Å². The average molecular weight is 326 g/mol. The van der Waals surface area contributed by atoms with Gasteiger partial charge in [0.15, 0.2) is 11.5 Å². The highest BCUT2D eigenvalue weighted by molar-refractivity contribution is 5.83. The van der Waals surface area contributed by atoms with Crippen LogP contribution >= 0.6 is 0 Å². The second-order valence-electron chi connectivity index (χ2n) is 6.21. The molecule has 5 nitrogen and oxygen atoms in total. The fraction of sp³-hybridized carbons (Fsp3) is 0.474. The quantitative estimate of drug-likeness (QED) is 0.580. The normalized spacial score (nSPS) is 11.4. The highest BCUT2D eigenvalue weighted by Gasteiger charge is 2.12. The van der Waals surface area contributed by atoms with Crippen molar-refractivity contribution in [2.24, 2.45) is 0 Å². The zero-order valence-electron chi connectivity index (χ0n) is 14.3. The molecule has 0 bridgehead atoms. The van der Waals surface area contributed by atoms with E-state index < -0.39 is 0 Å². The Morgan fingerprint density at radius 1 is 1.08 bits per heavy atom. The van der Waals surface area contributed by atoms with E-state index in [-0.39, 0.29) is 6.61 Å². The third-order valence-electron chi connectivity index (χ3n) is 4.39. The van der Waals surface area contributed by atoms with E-state index in [4.69, 9.17) is 4.98 Å².